The first-order valence-electron chi connectivity index (χ1n) is 6.71. The molecule has 2 nitrogen and oxygen atoms in total. The number of hydrogen-bond donors (Lipinski definition) is 0. The average molecular weight is 274 g/mol. The van der Waals surface area contributed by atoms with Gasteiger partial charge < -0.3 is 4.74 Å². The number of carbonyl (C=O) groups excluding carboxylic acids is 1. The molecule has 0 saturated heterocycles. The fourth-order valence-electron chi connectivity index (χ4n) is 4.57. The third-order valence-electron chi connectivity index (χ3n) is 5.45. The van der Waals surface area contributed by atoms with Crippen molar-refractivity contribution in [1.29, 1.82) is 0 Å². The molecule has 0 heterocycles. The molecule has 4 rings (SSSR count). The predicted octanol–water partition coefficient (Wildman–Crippen LogP) is 3.47. The summed E-state index contributed by atoms with van der Waals surface area (Å²) in [6.07, 6.45) is -0.597. The lowest BCUT2D eigenvalue weighted by Crippen LogP contribution is -2.45. The van der Waals surface area contributed by atoms with Gasteiger partial charge in [0, 0.05) is 5.92 Å². The molecule has 0 aliphatic heterocycles. The Balaban J connectivity index is 1.77. The summed E-state index contributed by atoms with van der Waals surface area (Å²) in [5.74, 6) is 0.374. The topological polar surface area (TPSA) is 26.3 Å². The number of esters is 1. The number of carbonyl (C=O) groups is 1. The highest BCUT2D eigenvalue weighted by Gasteiger charge is 2.62. The van der Waals surface area contributed by atoms with Crippen molar-refractivity contribution < 1.29 is 22.7 Å². The average Bonchev–Trinajstić information content (AvgIpc) is 2.68. The van der Waals surface area contributed by atoms with Crippen molar-refractivity contribution >= 4 is 5.97 Å². The molecule has 19 heavy (non-hydrogen) atoms. The van der Waals surface area contributed by atoms with Crippen molar-refractivity contribution in [2.75, 3.05) is 0 Å². The number of alkyl halides is 3. The van der Waals surface area contributed by atoms with Gasteiger partial charge in [-0.05, 0) is 50.4 Å². The van der Waals surface area contributed by atoms with E-state index in [1.165, 1.54) is 0 Å². The van der Waals surface area contributed by atoms with E-state index >= 15 is 0 Å². The standard InChI is InChI=1S/C14H17F3O2/c1-7(14(15,16)17)12(18)19-13(2)10-4-8-3-9(6-10)11(13)5-8/h8-11H,1,3-6H2,2H3. The Kier molecular flexibility index (Phi) is 2.58. The van der Waals surface area contributed by atoms with Gasteiger partial charge in [0.05, 0.1) is 0 Å². The van der Waals surface area contributed by atoms with Gasteiger partial charge in [0.15, 0.2) is 0 Å². The van der Waals surface area contributed by atoms with Crippen molar-refractivity contribution in [2.45, 2.75) is 44.4 Å². The van der Waals surface area contributed by atoms with E-state index in [1.807, 2.05) is 6.92 Å². The van der Waals surface area contributed by atoms with Crippen LogP contribution in [-0.4, -0.2) is 17.7 Å². The van der Waals surface area contributed by atoms with Crippen LogP contribution in [0.4, 0.5) is 13.2 Å². The van der Waals surface area contributed by atoms with E-state index in [4.69, 9.17) is 4.74 Å². The molecule has 4 aliphatic carbocycles. The third-order valence-corrected chi connectivity index (χ3v) is 5.45. The lowest BCUT2D eigenvalue weighted by Gasteiger charge is -2.41. The van der Waals surface area contributed by atoms with Crippen LogP contribution in [0, 0.1) is 23.7 Å². The lowest BCUT2D eigenvalue weighted by atomic mass is 9.73. The Morgan fingerprint density at radius 2 is 1.95 bits per heavy atom. The maximum Gasteiger partial charge on any atom is 0.422 e. The second-order valence-corrected chi connectivity index (χ2v) is 6.42. The smallest absolute Gasteiger partial charge is 0.422 e. The van der Waals surface area contributed by atoms with E-state index in [2.05, 4.69) is 6.58 Å². The largest absolute Gasteiger partial charge is 0.455 e. The molecular weight excluding hydrogens is 257 g/mol. The van der Waals surface area contributed by atoms with Gasteiger partial charge in [-0.15, -0.1) is 0 Å². The Labute approximate surface area is 110 Å². The third kappa shape index (κ3) is 1.81. The molecule has 0 aromatic rings. The second-order valence-electron chi connectivity index (χ2n) is 6.42. The second kappa shape index (κ2) is 3.76. The van der Waals surface area contributed by atoms with E-state index in [-0.39, 0.29) is 11.8 Å². The van der Waals surface area contributed by atoms with Crippen molar-refractivity contribution in [2.24, 2.45) is 23.7 Å². The zero-order valence-electron chi connectivity index (χ0n) is 10.8. The lowest BCUT2D eigenvalue weighted by molar-refractivity contribution is -0.174. The van der Waals surface area contributed by atoms with Gasteiger partial charge >= 0.3 is 12.1 Å². The minimum absolute atomic E-state index is 0.222. The normalized spacial score (nSPS) is 43.6. The van der Waals surface area contributed by atoms with Crippen LogP contribution in [-0.2, 0) is 9.53 Å². The fraction of sp³-hybridized carbons (Fsp3) is 0.786. The highest BCUT2D eigenvalue weighted by Crippen LogP contribution is 2.64. The quantitative estimate of drug-likeness (QED) is 0.569. The summed E-state index contributed by atoms with van der Waals surface area (Å²) in [6.45, 7) is 4.63. The van der Waals surface area contributed by atoms with Crippen LogP contribution in [0.2, 0.25) is 0 Å². The van der Waals surface area contributed by atoms with Crippen LogP contribution in [0.15, 0.2) is 12.2 Å². The van der Waals surface area contributed by atoms with Crippen LogP contribution in [0.3, 0.4) is 0 Å². The van der Waals surface area contributed by atoms with Crippen LogP contribution in [0.1, 0.15) is 32.6 Å². The van der Waals surface area contributed by atoms with E-state index in [0.29, 0.717) is 11.8 Å². The minimum atomic E-state index is -4.71. The van der Waals surface area contributed by atoms with Gasteiger partial charge in [-0.25, -0.2) is 4.79 Å². The molecule has 0 N–H and O–H groups in total. The maximum atomic E-state index is 12.5. The summed E-state index contributed by atoms with van der Waals surface area (Å²) in [5.41, 5.74) is -2.12. The summed E-state index contributed by atoms with van der Waals surface area (Å²) in [4.78, 5) is 11.7. The molecule has 0 radical (unpaired) electrons. The van der Waals surface area contributed by atoms with Crippen LogP contribution >= 0.6 is 0 Å². The molecule has 0 aromatic heterocycles. The highest BCUT2D eigenvalue weighted by molar-refractivity contribution is 5.89. The Hall–Kier alpha value is -1.00. The molecule has 0 spiro atoms. The highest BCUT2D eigenvalue weighted by atomic mass is 19.4. The molecular formula is C14H17F3O2. The molecule has 5 unspecified atom stereocenters. The van der Waals surface area contributed by atoms with Gasteiger partial charge in [-0.3, -0.25) is 0 Å². The van der Waals surface area contributed by atoms with Crippen molar-refractivity contribution in [3.05, 3.63) is 12.2 Å². The summed E-state index contributed by atoms with van der Waals surface area (Å²) >= 11 is 0. The zero-order chi connectivity index (χ0) is 14.0. The molecule has 106 valence electrons. The Morgan fingerprint density at radius 3 is 2.53 bits per heavy atom. The van der Waals surface area contributed by atoms with Gasteiger partial charge in [0.25, 0.3) is 0 Å². The minimum Gasteiger partial charge on any atom is -0.455 e. The van der Waals surface area contributed by atoms with Crippen LogP contribution in [0.25, 0.3) is 0 Å². The summed E-state index contributed by atoms with van der Waals surface area (Å²) in [5, 5.41) is 0. The Morgan fingerprint density at radius 1 is 1.26 bits per heavy atom. The molecule has 4 fully saturated rings. The van der Waals surface area contributed by atoms with Crippen LogP contribution < -0.4 is 0 Å². The van der Waals surface area contributed by atoms with E-state index in [0.717, 1.165) is 25.7 Å². The molecule has 5 heteroatoms. The number of ether oxygens (including phenoxy) is 1. The molecule has 4 saturated carbocycles. The molecule has 5 atom stereocenters. The molecule has 4 aliphatic rings. The molecule has 0 amide bonds. The fourth-order valence-corrected chi connectivity index (χ4v) is 4.57. The first-order valence-corrected chi connectivity index (χ1v) is 6.71. The Bertz CT molecular complexity index is 438. The predicted molar refractivity (Wildman–Crippen MR) is 62.1 cm³/mol. The van der Waals surface area contributed by atoms with Gasteiger partial charge in [-0.2, -0.15) is 13.2 Å². The number of rotatable bonds is 2. The number of hydrogen-bond acceptors (Lipinski definition) is 2. The first kappa shape index (κ1) is 13.0. The maximum absolute atomic E-state index is 12.5. The zero-order valence-corrected chi connectivity index (χ0v) is 10.8. The van der Waals surface area contributed by atoms with E-state index in [9.17, 15) is 18.0 Å². The van der Waals surface area contributed by atoms with Crippen molar-refractivity contribution in [1.82, 2.24) is 0 Å². The van der Waals surface area contributed by atoms with Crippen molar-refractivity contribution in [3.8, 4) is 0 Å². The first-order chi connectivity index (χ1) is 8.72. The SMILES string of the molecule is C=C(C(=O)OC1(C)C2CC3CC(C2)C1C3)C(F)(F)F. The molecule has 0 aromatic carbocycles. The van der Waals surface area contributed by atoms with Crippen molar-refractivity contribution in [3.63, 3.8) is 0 Å². The van der Waals surface area contributed by atoms with E-state index in [1.54, 1.807) is 0 Å². The molecule has 4 bridgehead atoms. The summed E-state index contributed by atoms with van der Waals surface area (Å²) in [7, 11) is 0. The number of halogens is 3. The summed E-state index contributed by atoms with van der Waals surface area (Å²) in [6, 6.07) is 0. The van der Waals surface area contributed by atoms with E-state index < -0.39 is 23.3 Å². The van der Waals surface area contributed by atoms with Gasteiger partial charge in [0.1, 0.15) is 11.2 Å². The monoisotopic (exact) mass is 274 g/mol. The summed E-state index contributed by atoms with van der Waals surface area (Å²) < 4.78 is 42.7. The van der Waals surface area contributed by atoms with Crippen LogP contribution in [0.5, 0.6) is 0 Å². The van der Waals surface area contributed by atoms with Gasteiger partial charge in [0.2, 0.25) is 0 Å². The van der Waals surface area contributed by atoms with Gasteiger partial charge in [-0.1, -0.05) is 6.58 Å².